The van der Waals surface area contributed by atoms with Crippen LogP contribution in [0.4, 0.5) is 5.13 Å². The molecule has 2 rings (SSSR count). The smallest absolute Gasteiger partial charge is 0.230 e. The molecular formula is C14H15N3O2S. The number of rotatable bonds is 5. The third-order valence-corrected chi connectivity index (χ3v) is 3.43. The third-order valence-electron chi connectivity index (χ3n) is 2.63. The Hall–Kier alpha value is -2.21. The summed E-state index contributed by atoms with van der Waals surface area (Å²) in [5, 5.41) is 7.56. The van der Waals surface area contributed by atoms with Gasteiger partial charge in [0.05, 0.1) is 18.5 Å². The van der Waals surface area contributed by atoms with Crippen LogP contribution in [0.25, 0.3) is 0 Å². The largest absolute Gasteiger partial charge is 0.359 e. The molecule has 0 aliphatic heterocycles. The van der Waals surface area contributed by atoms with Gasteiger partial charge in [-0.1, -0.05) is 30.3 Å². The van der Waals surface area contributed by atoms with Gasteiger partial charge in [-0.25, -0.2) is 4.98 Å². The van der Waals surface area contributed by atoms with Crippen molar-refractivity contribution in [3.05, 3.63) is 47.0 Å². The standard InChI is InChI=1S/C14H15N3O2S/c1-15-12(18)8-11-9-20-14(16-11)17-13(19)7-10-5-3-2-4-6-10/h2-6,9H,7-8H2,1H3,(H,15,18)(H,16,17,19). The molecule has 1 heterocycles. The minimum absolute atomic E-state index is 0.0996. The van der Waals surface area contributed by atoms with Gasteiger partial charge in [-0.05, 0) is 5.56 Å². The molecule has 6 heteroatoms. The Morgan fingerprint density at radius 3 is 2.60 bits per heavy atom. The maximum Gasteiger partial charge on any atom is 0.230 e. The molecule has 2 aromatic rings. The normalized spacial score (nSPS) is 10.1. The van der Waals surface area contributed by atoms with E-state index in [-0.39, 0.29) is 18.2 Å². The van der Waals surface area contributed by atoms with Crippen LogP contribution in [0.5, 0.6) is 0 Å². The van der Waals surface area contributed by atoms with Gasteiger partial charge in [0.15, 0.2) is 5.13 Å². The quantitative estimate of drug-likeness (QED) is 0.878. The summed E-state index contributed by atoms with van der Waals surface area (Å²) in [6, 6.07) is 9.51. The van der Waals surface area contributed by atoms with E-state index in [0.29, 0.717) is 17.2 Å². The molecule has 0 radical (unpaired) electrons. The molecule has 2 amide bonds. The lowest BCUT2D eigenvalue weighted by Gasteiger charge is -2.01. The predicted octanol–water partition coefficient (Wildman–Crippen LogP) is 1.61. The molecule has 0 spiro atoms. The predicted molar refractivity (Wildman–Crippen MR) is 78.7 cm³/mol. The summed E-state index contributed by atoms with van der Waals surface area (Å²) in [6.07, 6.45) is 0.534. The molecule has 0 saturated heterocycles. The van der Waals surface area contributed by atoms with Crippen LogP contribution in [-0.2, 0) is 22.4 Å². The summed E-state index contributed by atoms with van der Waals surface area (Å²) in [7, 11) is 1.58. The average Bonchev–Trinajstić information content (AvgIpc) is 2.86. The fraction of sp³-hybridized carbons (Fsp3) is 0.214. The number of hydrogen-bond acceptors (Lipinski definition) is 4. The van der Waals surface area contributed by atoms with Crippen molar-refractivity contribution in [1.82, 2.24) is 10.3 Å². The van der Waals surface area contributed by atoms with E-state index in [2.05, 4.69) is 15.6 Å². The van der Waals surface area contributed by atoms with Crippen LogP contribution in [0.3, 0.4) is 0 Å². The molecule has 1 aromatic carbocycles. The van der Waals surface area contributed by atoms with E-state index < -0.39 is 0 Å². The molecule has 0 unspecified atom stereocenters. The van der Waals surface area contributed by atoms with Crippen molar-refractivity contribution in [3.8, 4) is 0 Å². The van der Waals surface area contributed by atoms with E-state index in [1.54, 1.807) is 12.4 Å². The Labute approximate surface area is 121 Å². The lowest BCUT2D eigenvalue weighted by atomic mass is 10.1. The second-order valence-corrected chi connectivity index (χ2v) is 5.06. The average molecular weight is 289 g/mol. The Balaban J connectivity index is 1.90. The fourth-order valence-electron chi connectivity index (χ4n) is 1.64. The third kappa shape index (κ3) is 4.17. The van der Waals surface area contributed by atoms with Crippen LogP contribution in [0, 0.1) is 0 Å². The first-order valence-corrected chi connectivity index (χ1v) is 7.04. The summed E-state index contributed by atoms with van der Waals surface area (Å²) in [6.45, 7) is 0. The van der Waals surface area contributed by atoms with Crippen molar-refractivity contribution in [2.24, 2.45) is 0 Å². The van der Waals surface area contributed by atoms with E-state index in [9.17, 15) is 9.59 Å². The van der Waals surface area contributed by atoms with Crippen molar-refractivity contribution in [1.29, 1.82) is 0 Å². The number of carbonyl (C=O) groups excluding carboxylic acids is 2. The van der Waals surface area contributed by atoms with E-state index >= 15 is 0 Å². The Bertz CT molecular complexity index is 595. The highest BCUT2D eigenvalue weighted by Crippen LogP contribution is 2.16. The minimum atomic E-state index is -0.114. The molecule has 0 atom stereocenters. The highest BCUT2D eigenvalue weighted by atomic mass is 32.1. The molecule has 2 N–H and O–H groups in total. The SMILES string of the molecule is CNC(=O)Cc1csc(NC(=O)Cc2ccccc2)n1. The molecule has 0 bridgehead atoms. The zero-order valence-electron chi connectivity index (χ0n) is 11.1. The van der Waals surface area contributed by atoms with E-state index in [0.717, 1.165) is 5.56 Å². The number of carbonyl (C=O) groups is 2. The van der Waals surface area contributed by atoms with Gasteiger partial charge >= 0.3 is 0 Å². The highest BCUT2D eigenvalue weighted by molar-refractivity contribution is 7.13. The number of nitrogens with zero attached hydrogens (tertiary/aromatic N) is 1. The van der Waals surface area contributed by atoms with Gasteiger partial charge in [0.2, 0.25) is 11.8 Å². The number of hydrogen-bond donors (Lipinski definition) is 2. The van der Waals surface area contributed by atoms with Crippen LogP contribution < -0.4 is 10.6 Å². The van der Waals surface area contributed by atoms with Gasteiger partial charge in [0.1, 0.15) is 0 Å². The molecule has 1 aromatic heterocycles. The van der Waals surface area contributed by atoms with Crippen LogP contribution in [0.15, 0.2) is 35.7 Å². The van der Waals surface area contributed by atoms with E-state index in [1.807, 2.05) is 30.3 Å². The van der Waals surface area contributed by atoms with Crippen LogP contribution >= 0.6 is 11.3 Å². The monoisotopic (exact) mass is 289 g/mol. The number of benzene rings is 1. The lowest BCUT2D eigenvalue weighted by Crippen LogP contribution is -2.20. The van der Waals surface area contributed by atoms with Gasteiger partial charge in [-0.2, -0.15) is 0 Å². The maximum atomic E-state index is 11.8. The number of nitrogens with one attached hydrogen (secondary N) is 2. The zero-order chi connectivity index (χ0) is 14.4. The van der Waals surface area contributed by atoms with Gasteiger partial charge < -0.3 is 10.6 Å². The molecular weight excluding hydrogens is 274 g/mol. The molecule has 0 aliphatic carbocycles. The zero-order valence-corrected chi connectivity index (χ0v) is 11.9. The number of amides is 2. The first kappa shape index (κ1) is 14.2. The number of likely N-dealkylation sites (N-methyl/N-ethyl adjacent to an activating group) is 1. The Kier molecular flexibility index (Phi) is 4.84. The Morgan fingerprint density at radius 2 is 1.90 bits per heavy atom. The van der Waals surface area contributed by atoms with Gasteiger partial charge in [0, 0.05) is 12.4 Å². The molecule has 20 heavy (non-hydrogen) atoms. The molecule has 0 fully saturated rings. The van der Waals surface area contributed by atoms with Crippen molar-refractivity contribution < 1.29 is 9.59 Å². The topological polar surface area (TPSA) is 71.1 Å². The van der Waals surface area contributed by atoms with Crippen molar-refractivity contribution in [3.63, 3.8) is 0 Å². The summed E-state index contributed by atoms with van der Waals surface area (Å²) in [5.41, 5.74) is 1.61. The first-order chi connectivity index (χ1) is 9.67. The number of anilines is 1. The van der Waals surface area contributed by atoms with E-state index in [1.165, 1.54) is 11.3 Å². The van der Waals surface area contributed by atoms with Crippen LogP contribution in [-0.4, -0.2) is 23.8 Å². The van der Waals surface area contributed by atoms with Crippen molar-refractivity contribution >= 4 is 28.3 Å². The molecule has 0 aliphatic rings. The first-order valence-electron chi connectivity index (χ1n) is 6.16. The summed E-state index contributed by atoms with van der Waals surface area (Å²) >= 11 is 1.32. The summed E-state index contributed by atoms with van der Waals surface area (Å²) < 4.78 is 0. The summed E-state index contributed by atoms with van der Waals surface area (Å²) in [5.74, 6) is -0.213. The molecule has 0 saturated carbocycles. The van der Waals surface area contributed by atoms with Crippen LogP contribution in [0.2, 0.25) is 0 Å². The van der Waals surface area contributed by atoms with Crippen molar-refractivity contribution in [2.75, 3.05) is 12.4 Å². The maximum absolute atomic E-state index is 11.8. The highest BCUT2D eigenvalue weighted by Gasteiger charge is 2.09. The van der Waals surface area contributed by atoms with Crippen LogP contribution in [0.1, 0.15) is 11.3 Å². The molecule has 5 nitrogen and oxygen atoms in total. The summed E-state index contributed by atoms with van der Waals surface area (Å²) in [4.78, 5) is 27.3. The number of thiazole rings is 1. The lowest BCUT2D eigenvalue weighted by molar-refractivity contribution is -0.120. The second kappa shape index (κ2) is 6.81. The fourth-order valence-corrected chi connectivity index (χ4v) is 2.37. The van der Waals surface area contributed by atoms with Crippen molar-refractivity contribution in [2.45, 2.75) is 12.8 Å². The van der Waals surface area contributed by atoms with Gasteiger partial charge in [-0.15, -0.1) is 11.3 Å². The number of aromatic nitrogens is 1. The molecule has 104 valence electrons. The second-order valence-electron chi connectivity index (χ2n) is 4.20. The Morgan fingerprint density at radius 1 is 1.15 bits per heavy atom. The van der Waals surface area contributed by atoms with Gasteiger partial charge in [-0.3, -0.25) is 9.59 Å². The minimum Gasteiger partial charge on any atom is -0.359 e. The van der Waals surface area contributed by atoms with Gasteiger partial charge in [0.25, 0.3) is 0 Å². The van der Waals surface area contributed by atoms with E-state index in [4.69, 9.17) is 0 Å².